The van der Waals surface area contributed by atoms with E-state index in [0.29, 0.717) is 6.42 Å². The fraction of sp³-hybridized carbons (Fsp3) is 0.500. The Labute approximate surface area is 268 Å². The van der Waals surface area contributed by atoms with Gasteiger partial charge >= 0.3 is 11.9 Å². The summed E-state index contributed by atoms with van der Waals surface area (Å²) in [5, 5.41) is 69.6. The molecule has 10 nitrogen and oxygen atoms in total. The molecule has 9 atom stereocenters. The smallest absolute Gasteiger partial charge is 0.331 e. The fourth-order valence-corrected chi connectivity index (χ4v) is 4.44. The maximum atomic E-state index is 12.0. The molecular formula is C32H44Cl2O10. The molecule has 7 N–H and O–H groups in total. The van der Waals surface area contributed by atoms with E-state index >= 15 is 0 Å². The van der Waals surface area contributed by atoms with Crippen LogP contribution in [0.25, 0.3) is 0 Å². The molecule has 1 aliphatic carbocycles. The third-order valence-corrected chi connectivity index (χ3v) is 7.88. The predicted octanol–water partition coefficient (Wildman–Crippen LogP) is 3.21. The number of hydrogen-bond donors (Lipinski definition) is 7. The Bertz CT molecular complexity index is 1140. The van der Waals surface area contributed by atoms with Gasteiger partial charge in [0.25, 0.3) is 0 Å². The summed E-state index contributed by atoms with van der Waals surface area (Å²) in [6.07, 6.45) is 8.33. The van der Waals surface area contributed by atoms with Gasteiger partial charge in [0.2, 0.25) is 0 Å². The van der Waals surface area contributed by atoms with Crippen LogP contribution in [0.4, 0.5) is 0 Å². The van der Waals surface area contributed by atoms with E-state index in [9.17, 15) is 40.2 Å². The number of aliphatic carboxylic acids is 1. The van der Waals surface area contributed by atoms with Crippen LogP contribution >= 0.6 is 23.2 Å². The first-order chi connectivity index (χ1) is 20.7. The normalized spacial score (nSPS) is 23.5. The van der Waals surface area contributed by atoms with Gasteiger partial charge in [0.1, 0.15) is 12.2 Å². The Balaban J connectivity index is 2.60. The minimum absolute atomic E-state index is 0.0683. The lowest BCUT2D eigenvalue weighted by molar-refractivity contribution is -0.150. The number of carboxylic acid groups (broad SMARTS) is 1. The van der Waals surface area contributed by atoms with Gasteiger partial charge in [0.15, 0.2) is 0 Å². The number of ether oxygens (including phenoxy) is 1. The van der Waals surface area contributed by atoms with Crippen molar-refractivity contribution in [1.82, 2.24) is 0 Å². The highest BCUT2D eigenvalue weighted by atomic mass is 35.5. The van der Waals surface area contributed by atoms with Gasteiger partial charge in [-0.15, -0.1) is 11.6 Å². The second-order valence-corrected chi connectivity index (χ2v) is 11.4. The molecule has 0 bridgehead atoms. The number of allylic oxidation sites excluding steroid dienone is 9. The van der Waals surface area contributed by atoms with Crippen LogP contribution in [0.5, 0.6) is 0 Å². The minimum atomic E-state index is -1.64. The Morgan fingerprint density at radius 1 is 1.02 bits per heavy atom. The van der Waals surface area contributed by atoms with Gasteiger partial charge in [-0.25, -0.2) is 9.59 Å². The van der Waals surface area contributed by atoms with Crippen molar-refractivity contribution in [2.24, 2.45) is 5.92 Å². The lowest BCUT2D eigenvalue weighted by Crippen LogP contribution is -2.44. The van der Waals surface area contributed by atoms with Crippen molar-refractivity contribution in [2.75, 3.05) is 0 Å². The quantitative estimate of drug-likeness (QED) is 0.0402. The topological polar surface area (TPSA) is 185 Å². The van der Waals surface area contributed by atoms with Crippen LogP contribution in [0.1, 0.15) is 46.5 Å². The number of alkyl halides is 1. The number of esters is 1. The van der Waals surface area contributed by atoms with Crippen LogP contribution in [0, 0.1) is 5.92 Å². The van der Waals surface area contributed by atoms with Gasteiger partial charge < -0.3 is 40.5 Å². The van der Waals surface area contributed by atoms with Crippen molar-refractivity contribution in [1.29, 1.82) is 0 Å². The van der Waals surface area contributed by atoms with Crippen LogP contribution in [-0.4, -0.2) is 95.8 Å². The summed E-state index contributed by atoms with van der Waals surface area (Å²) in [6.45, 7) is 5.23. The molecular weight excluding hydrogens is 615 g/mol. The molecule has 12 heteroatoms. The average molecular weight is 660 g/mol. The van der Waals surface area contributed by atoms with Crippen LogP contribution in [0.2, 0.25) is 0 Å². The summed E-state index contributed by atoms with van der Waals surface area (Å²) in [4.78, 5) is 23.1. The molecule has 0 aromatic heterocycles. The van der Waals surface area contributed by atoms with E-state index in [4.69, 9.17) is 33.0 Å². The molecule has 0 fully saturated rings. The predicted molar refractivity (Wildman–Crippen MR) is 169 cm³/mol. The standard InChI is InChI=1S/C32H44Cl2O10/c1-4-5-13-24(36)29(34)25(37)18-26(38)31(41)30(40)20(3)22(33)12-8-6-10-19(2)11-7-9-14-28(39)44-27-17-21(32(42)43)15-16-23(27)35/h5-15,20,23-27,29-31,35-38,40-41H,4,16-18H2,1-3H3,(H,42,43)/b8-6+,11-7+,13-5+,14-9+,19-10+,22-12-/t20-,23+,24-,25-,26-,27-,29+,30-,31?/m1/s1. The zero-order chi connectivity index (χ0) is 33.4. The van der Waals surface area contributed by atoms with E-state index in [-0.39, 0.29) is 29.9 Å². The lowest BCUT2D eigenvalue weighted by atomic mass is 9.92. The zero-order valence-electron chi connectivity index (χ0n) is 25.0. The number of halogens is 2. The Hall–Kier alpha value is -2.54. The van der Waals surface area contributed by atoms with E-state index in [0.717, 1.165) is 11.6 Å². The molecule has 1 rings (SSSR count). The molecule has 0 aliphatic heterocycles. The third-order valence-electron chi connectivity index (χ3n) is 6.86. The summed E-state index contributed by atoms with van der Waals surface area (Å²) in [7, 11) is 0. The van der Waals surface area contributed by atoms with Crippen molar-refractivity contribution < 1.29 is 50.1 Å². The fourth-order valence-electron chi connectivity index (χ4n) is 4.05. The van der Waals surface area contributed by atoms with Gasteiger partial charge in [-0.2, -0.15) is 0 Å². The molecule has 0 aromatic carbocycles. The van der Waals surface area contributed by atoms with Gasteiger partial charge in [0, 0.05) is 35.4 Å². The molecule has 44 heavy (non-hydrogen) atoms. The molecule has 0 amide bonds. The highest BCUT2D eigenvalue weighted by Gasteiger charge is 2.34. The number of carboxylic acids is 1. The number of carbonyl (C=O) groups is 2. The third kappa shape index (κ3) is 14.0. The number of aliphatic hydroxyl groups excluding tert-OH is 6. The largest absolute Gasteiger partial charge is 0.478 e. The van der Waals surface area contributed by atoms with Crippen molar-refractivity contribution in [3.8, 4) is 0 Å². The molecule has 246 valence electrons. The van der Waals surface area contributed by atoms with E-state index in [1.54, 1.807) is 50.3 Å². The summed E-state index contributed by atoms with van der Waals surface area (Å²) < 4.78 is 5.17. The summed E-state index contributed by atoms with van der Waals surface area (Å²) in [6, 6.07) is 0. The van der Waals surface area contributed by atoms with E-state index in [2.05, 4.69) is 0 Å². The van der Waals surface area contributed by atoms with Crippen LogP contribution in [0.3, 0.4) is 0 Å². The molecule has 0 aromatic rings. The highest BCUT2D eigenvalue weighted by molar-refractivity contribution is 6.30. The lowest BCUT2D eigenvalue weighted by Gasteiger charge is -2.29. The number of aliphatic hydroxyl groups is 6. The zero-order valence-corrected chi connectivity index (χ0v) is 26.5. The average Bonchev–Trinajstić information content (AvgIpc) is 2.99. The molecule has 0 saturated heterocycles. The maximum absolute atomic E-state index is 12.0. The maximum Gasteiger partial charge on any atom is 0.331 e. The Morgan fingerprint density at radius 3 is 2.30 bits per heavy atom. The number of carbonyl (C=O) groups excluding carboxylic acids is 1. The number of rotatable bonds is 17. The monoisotopic (exact) mass is 658 g/mol. The van der Waals surface area contributed by atoms with Gasteiger partial charge in [-0.3, -0.25) is 0 Å². The first-order valence-corrected chi connectivity index (χ1v) is 15.1. The summed E-state index contributed by atoms with van der Waals surface area (Å²) in [5.74, 6) is -2.58. The number of hydrogen-bond acceptors (Lipinski definition) is 9. The first-order valence-electron chi connectivity index (χ1n) is 14.3. The van der Waals surface area contributed by atoms with Gasteiger partial charge in [0.05, 0.1) is 35.9 Å². The van der Waals surface area contributed by atoms with E-state index < -0.39 is 66.0 Å². The molecule has 0 heterocycles. The first kappa shape index (κ1) is 39.5. The molecule has 0 spiro atoms. The SMILES string of the molecule is CC/C=C/[C@@H](O)[C@H](Cl)[C@H](O)C[C@@H](O)C(O)[C@H](O)[C@H](C)/C(Cl)=C/C=C/C=C(C)/C=C/C=C/C(=O)O[C@@H]1CC(C(=O)O)=CC[C@@H]1O. The summed E-state index contributed by atoms with van der Waals surface area (Å²) in [5.41, 5.74) is 0.898. The van der Waals surface area contributed by atoms with Crippen LogP contribution < -0.4 is 0 Å². The van der Waals surface area contributed by atoms with Crippen LogP contribution in [-0.2, 0) is 14.3 Å². The molecule has 0 radical (unpaired) electrons. The molecule has 0 saturated carbocycles. The van der Waals surface area contributed by atoms with Crippen molar-refractivity contribution in [3.63, 3.8) is 0 Å². The summed E-state index contributed by atoms with van der Waals surface area (Å²) >= 11 is 12.3. The van der Waals surface area contributed by atoms with Crippen molar-refractivity contribution >= 4 is 35.1 Å². The van der Waals surface area contributed by atoms with E-state index in [1.165, 1.54) is 24.3 Å². The second kappa shape index (κ2) is 20.5. The van der Waals surface area contributed by atoms with E-state index in [1.807, 2.05) is 6.92 Å². The highest BCUT2D eigenvalue weighted by Crippen LogP contribution is 2.25. The van der Waals surface area contributed by atoms with Crippen molar-refractivity contribution in [3.05, 3.63) is 83.0 Å². The van der Waals surface area contributed by atoms with Gasteiger partial charge in [-0.1, -0.05) is 85.7 Å². The Morgan fingerprint density at radius 2 is 1.66 bits per heavy atom. The second-order valence-electron chi connectivity index (χ2n) is 10.5. The van der Waals surface area contributed by atoms with Crippen LogP contribution in [0.15, 0.2) is 83.0 Å². The van der Waals surface area contributed by atoms with Gasteiger partial charge in [-0.05, 0) is 25.8 Å². The van der Waals surface area contributed by atoms with Crippen molar-refractivity contribution in [2.45, 2.75) is 94.6 Å². The molecule has 1 unspecified atom stereocenters. The Kier molecular flexibility index (Phi) is 18.4. The minimum Gasteiger partial charge on any atom is -0.478 e. The molecule has 1 aliphatic rings.